The second-order valence-electron chi connectivity index (χ2n) is 8.39. The molecule has 0 N–H and O–H groups in total. The monoisotopic (exact) mass is 536 g/mol. The summed E-state index contributed by atoms with van der Waals surface area (Å²) in [4.78, 5) is 37.3. The highest BCUT2D eigenvalue weighted by atomic mass is 35.5. The minimum absolute atomic E-state index is 0.00533. The van der Waals surface area contributed by atoms with E-state index in [1.165, 1.54) is 11.8 Å². The van der Waals surface area contributed by atoms with E-state index in [1.807, 2.05) is 30.1 Å². The number of thioether (sulfide) groups is 1. The van der Waals surface area contributed by atoms with Gasteiger partial charge in [0.15, 0.2) is 16.7 Å². The van der Waals surface area contributed by atoms with E-state index in [0.29, 0.717) is 66.7 Å². The van der Waals surface area contributed by atoms with Crippen LogP contribution in [-0.4, -0.2) is 80.0 Å². The molecule has 1 aromatic heterocycles. The SMILES string of the molecule is CCOC(=O)C1CCN(C(=O)CSc2nc(Cl)cc(N(C)CCc3ccc(OC)c(OC)c3)n2)CC1. The molecule has 1 aromatic carbocycles. The number of hydrogen-bond acceptors (Lipinski definition) is 9. The van der Waals surface area contributed by atoms with Crippen molar-refractivity contribution in [3.63, 3.8) is 0 Å². The smallest absolute Gasteiger partial charge is 0.309 e. The van der Waals surface area contributed by atoms with Crippen LogP contribution in [0.3, 0.4) is 0 Å². The number of halogens is 1. The van der Waals surface area contributed by atoms with Crippen LogP contribution in [0.4, 0.5) is 5.82 Å². The van der Waals surface area contributed by atoms with Crippen LogP contribution in [0.2, 0.25) is 5.15 Å². The van der Waals surface area contributed by atoms with Crippen LogP contribution in [0.5, 0.6) is 11.5 Å². The van der Waals surface area contributed by atoms with E-state index in [9.17, 15) is 9.59 Å². The van der Waals surface area contributed by atoms with Gasteiger partial charge in [-0.05, 0) is 43.9 Å². The Bertz CT molecular complexity index is 1050. The van der Waals surface area contributed by atoms with Crippen LogP contribution in [-0.2, 0) is 20.7 Å². The van der Waals surface area contributed by atoms with Gasteiger partial charge in [-0.1, -0.05) is 29.4 Å². The first-order valence-electron chi connectivity index (χ1n) is 11.9. The van der Waals surface area contributed by atoms with Gasteiger partial charge in [-0.15, -0.1) is 0 Å². The number of likely N-dealkylation sites (tertiary alicyclic amines) is 1. The summed E-state index contributed by atoms with van der Waals surface area (Å²) in [6.07, 6.45) is 2.01. The molecule has 2 aromatic rings. The van der Waals surface area contributed by atoms with Crippen molar-refractivity contribution in [1.29, 1.82) is 0 Å². The summed E-state index contributed by atoms with van der Waals surface area (Å²) < 4.78 is 15.8. The summed E-state index contributed by atoms with van der Waals surface area (Å²) in [6.45, 7) is 3.96. The van der Waals surface area contributed by atoms with Crippen molar-refractivity contribution in [1.82, 2.24) is 14.9 Å². The number of ether oxygens (including phenoxy) is 3. The Hall–Kier alpha value is -2.72. The second kappa shape index (κ2) is 13.5. The van der Waals surface area contributed by atoms with Crippen LogP contribution < -0.4 is 14.4 Å². The molecule has 0 spiro atoms. The fourth-order valence-corrected chi connectivity index (χ4v) is 4.92. The highest BCUT2D eigenvalue weighted by Gasteiger charge is 2.28. The quantitative estimate of drug-likeness (QED) is 0.184. The third-order valence-electron chi connectivity index (χ3n) is 6.03. The summed E-state index contributed by atoms with van der Waals surface area (Å²) in [5, 5.41) is 0.772. The van der Waals surface area contributed by atoms with E-state index >= 15 is 0 Å². The number of carbonyl (C=O) groups is 2. The van der Waals surface area contributed by atoms with Gasteiger partial charge in [-0.3, -0.25) is 9.59 Å². The van der Waals surface area contributed by atoms with Crippen molar-refractivity contribution in [3.8, 4) is 11.5 Å². The van der Waals surface area contributed by atoms with Gasteiger partial charge in [0, 0.05) is 32.7 Å². The summed E-state index contributed by atoms with van der Waals surface area (Å²) in [5.74, 6) is 1.96. The van der Waals surface area contributed by atoms with Crippen LogP contribution in [0.25, 0.3) is 0 Å². The lowest BCUT2D eigenvalue weighted by Crippen LogP contribution is -2.41. The highest BCUT2D eigenvalue weighted by Crippen LogP contribution is 2.28. The average Bonchev–Trinajstić information content (AvgIpc) is 2.90. The minimum Gasteiger partial charge on any atom is -0.493 e. The number of amides is 1. The van der Waals surface area contributed by atoms with Gasteiger partial charge in [0.25, 0.3) is 0 Å². The molecule has 0 unspecified atom stereocenters. The van der Waals surface area contributed by atoms with E-state index in [2.05, 4.69) is 9.97 Å². The predicted molar refractivity (Wildman–Crippen MR) is 140 cm³/mol. The van der Waals surface area contributed by atoms with E-state index in [1.54, 1.807) is 32.1 Å². The first kappa shape index (κ1) is 27.9. The number of rotatable bonds is 11. The van der Waals surface area contributed by atoms with Crippen molar-refractivity contribution < 1.29 is 23.8 Å². The molecule has 2 heterocycles. The van der Waals surface area contributed by atoms with Gasteiger partial charge in [0.05, 0.1) is 32.5 Å². The van der Waals surface area contributed by atoms with Crippen molar-refractivity contribution in [2.24, 2.45) is 5.92 Å². The molecule has 1 saturated heterocycles. The molecule has 0 bridgehead atoms. The lowest BCUT2D eigenvalue weighted by Gasteiger charge is -2.30. The molecule has 1 aliphatic rings. The molecule has 9 nitrogen and oxygen atoms in total. The number of methoxy groups -OCH3 is 2. The Morgan fingerprint density at radius 2 is 1.86 bits per heavy atom. The van der Waals surface area contributed by atoms with Crippen LogP contribution >= 0.6 is 23.4 Å². The van der Waals surface area contributed by atoms with E-state index in [0.717, 1.165) is 12.0 Å². The molecular weight excluding hydrogens is 504 g/mol. The highest BCUT2D eigenvalue weighted by molar-refractivity contribution is 7.99. The van der Waals surface area contributed by atoms with E-state index in [-0.39, 0.29) is 23.5 Å². The molecule has 196 valence electrons. The number of esters is 1. The minimum atomic E-state index is -0.172. The number of carbonyl (C=O) groups excluding carboxylic acids is 2. The molecule has 36 heavy (non-hydrogen) atoms. The zero-order valence-electron chi connectivity index (χ0n) is 21.2. The average molecular weight is 537 g/mol. The van der Waals surface area contributed by atoms with Crippen molar-refractivity contribution in [2.75, 3.05) is 58.2 Å². The lowest BCUT2D eigenvalue weighted by molar-refractivity contribution is -0.151. The first-order chi connectivity index (χ1) is 17.3. The summed E-state index contributed by atoms with van der Waals surface area (Å²) >= 11 is 7.52. The molecule has 0 aliphatic carbocycles. The zero-order valence-corrected chi connectivity index (χ0v) is 22.7. The van der Waals surface area contributed by atoms with Crippen molar-refractivity contribution in [2.45, 2.75) is 31.3 Å². The molecule has 1 amide bonds. The maximum absolute atomic E-state index is 12.7. The number of benzene rings is 1. The van der Waals surface area contributed by atoms with Crippen LogP contribution in [0.15, 0.2) is 29.4 Å². The maximum Gasteiger partial charge on any atom is 0.309 e. The molecule has 0 saturated carbocycles. The van der Waals surface area contributed by atoms with Crippen molar-refractivity contribution >= 4 is 41.1 Å². The third-order valence-corrected chi connectivity index (χ3v) is 7.05. The number of anilines is 1. The summed E-state index contributed by atoms with van der Waals surface area (Å²) in [5.41, 5.74) is 1.10. The number of nitrogens with zero attached hydrogens (tertiary/aromatic N) is 4. The Kier molecular flexibility index (Phi) is 10.5. The van der Waals surface area contributed by atoms with Crippen molar-refractivity contribution in [3.05, 3.63) is 35.0 Å². The van der Waals surface area contributed by atoms with Crippen LogP contribution in [0.1, 0.15) is 25.3 Å². The predicted octanol–water partition coefficient (Wildman–Crippen LogP) is 3.72. The molecule has 0 radical (unpaired) electrons. The maximum atomic E-state index is 12.7. The van der Waals surface area contributed by atoms with Gasteiger partial charge >= 0.3 is 5.97 Å². The lowest BCUT2D eigenvalue weighted by atomic mass is 9.97. The number of piperidine rings is 1. The van der Waals surface area contributed by atoms with Gasteiger partial charge in [-0.25, -0.2) is 9.97 Å². The molecule has 11 heteroatoms. The molecule has 0 atom stereocenters. The fourth-order valence-electron chi connectivity index (χ4n) is 3.94. The third kappa shape index (κ3) is 7.64. The topological polar surface area (TPSA) is 94.1 Å². The Morgan fingerprint density at radius 3 is 2.53 bits per heavy atom. The normalized spacial score (nSPS) is 13.9. The molecule has 3 rings (SSSR count). The number of hydrogen-bond donors (Lipinski definition) is 0. The Morgan fingerprint density at radius 1 is 1.14 bits per heavy atom. The first-order valence-corrected chi connectivity index (χ1v) is 13.2. The number of aromatic nitrogens is 2. The molecular formula is C25H33ClN4O5S. The largest absolute Gasteiger partial charge is 0.493 e. The van der Waals surface area contributed by atoms with Gasteiger partial charge in [0.2, 0.25) is 5.91 Å². The second-order valence-corrected chi connectivity index (χ2v) is 9.72. The molecule has 1 fully saturated rings. The zero-order chi connectivity index (χ0) is 26.1. The fraction of sp³-hybridized carbons (Fsp3) is 0.520. The van der Waals surface area contributed by atoms with Gasteiger partial charge in [0.1, 0.15) is 11.0 Å². The Labute approximate surface area is 221 Å². The number of likely N-dealkylation sites (N-methyl/N-ethyl adjacent to an activating group) is 1. The van der Waals surface area contributed by atoms with Crippen LogP contribution in [0, 0.1) is 5.92 Å². The summed E-state index contributed by atoms with van der Waals surface area (Å²) in [6, 6.07) is 7.57. The standard InChI is InChI=1S/C25H33ClN4O5S/c1-5-35-24(32)18-9-12-30(13-10-18)23(31)16-36-25-27-21(26)15-22(28-25)29(2)11-8-17-6-7-19(33-3)20(14-17)34-4/h6-7,14-15,18H,5,8-13,16H2,1-4H3. The van der Waals surface area contributed by atoms with E-state index in [4.69, 9.17) is 25.8 Å². The Balaban J connectivity index is 1.53. The van der Waals surface area contributed by atoms with E-state index < -0.39 is 0 Å². The van der Waals surface area contributed by atoms with Gasteiger partial charge in [-0.2, -0.15) is 0 Å². The van der Waals surface area contributed by atoms with Gasteiger partial charge < -0.3 is 24.0 Å². The molecule has 1 aliphatic heterocycles. The summed E-state index contributed by atoms with van der Waals surface area (Å²) in [7, 11) is 5.17.